The molecule has 2 amide bonds. The molecule has 0 spiro atoms. The van der Waals surface area contributed by atoms with Crippen LogP contribution in [-0.2, 0) is 25.6 Å². The number of aryl methyl sites for hydroxylation is 1. The number of hydrogen-bond donors (Lipinski definition) is 2. The van der Waals surface area contributed by atoms with Crippen molar-refractivity contribution in [2.24, 2.45) is 0 Å². The number of nitrogens with zero attached hydrogens (tertiary/aromatic N) is 2. The summed E-state index contributed by atoms with van der Waals surface area (Å²) in [5, 5.41) is 5.35. The van der Waals surface area contributed by atoms with Crippen molar-refractivity contribution in [3.8, 4) is 0 Å². The van der Waals surface area contributed by atoms with Gasteiger partial charge in [-0.05, 0) is 13.3 Å². The molecule has 0 aliphatic carbocycles. The average molecular weight is 364 g/mol. The number of imidazole rings is 1. The fourth-order valence-electron chi connectivity index (χ4n) is 1.89. The Balaban J connectivity index is 2.48. The number of esters is 2. The number of amides is 2. The summed E-state index contributed by atoms with van der Waals surface area (Å²) in [5.74, 6) is -1.29. The first kappa shape index (κ1) is 20.9. The van der Waals surface area contributed by atoms with E-state index < -0.39 is 23.5 Å². The average Bonchev–Trinajstić information content (AvgIpc) is 3.14. The molecule has 0 unspecified atom stereocenters. The highest BCUT2D eigenvalue weighted by Gasteiger charge is 2.30. The fraction of sp³-hybridized carbons (Fsp3) is 0.412. The maximum Gasteiger partial charge on any atom is 0.330 e. The van der Waals surface area contributed by atoms with Gasteiger partial charge < -0.3 is 24.7 Å². The zero-order valence-electron chi connectivity index (χ0n) is 14.8. The summed E-state index contributed by atoms with van der Waals surface area (Å²) >= 11 is 0. The lowest BCUT2D eigenvalue weighted by Crippen LogP contribution is -2.56. The number of carbonyl (C=O) groups is 3. The van der Waals surface area contributed by atoms with Crippen molar-refractivity contribution < 1.29 is 23.9 Å². The van der Waals surface area contributed by atoms with Crippen LogP contribution in [-0.4, -0.2) is 52.8 Å². The topological polar surface area (TPSA) is 112 Å². The quantitative estimate of drug-likeness (QED) is 0.341. The number of aromatic nitrogens is 2. The highest BCUT2D eigenvalue weighted by Crippen LogP contribution is 2.07. The Kier molecular flexibility index (Phi) is 8.62. The maximum absolute atomic E-state index is 12.1. The molecular formula is C17H24N4O5. The van der Waals surface area contributed by atoms with Crippen LogP contribution < -0.4 is 10.6 Å². The molecule has 0 aliphatic rings. The second kappa shape index (κ2) is 10.7. The van der Waals surface area contributed by atoms with E-state index in [1.165, 1.54) is 0 Å². The lowest BCUT2D eigenvalue weighted by molar-refractivity contribution is -0.144. The van der Waals surface area contributed by atoms with E-state index in [0.717, 1.165) is 12.2 Å². The van der Waals surface area contributed by atoms with Gasteiger partial charge in [0.2, 0.25) is 0 Å². The molecule has 142 valence electrons. The third-order valence-electron chi connectivity index (χ3n) is 3.25. The van der Waals surface area contributed by atoms with Gasteiger partial charge in [0.1, 0.15) is 18.8 Å². The van der Waals surface area contributed by atoms with Crippen molar-refractivity contribution in [3.05, 3.63) is 44.0 Å². The van der Waals surface area contributed by atoms with Crippen LogP contribution in [0.15, 0.2) is 44.0 Å². The summed E-state index contributed by atoms with van der Waals surface area (Å²) in [6, 6.07) is -0.470. The van der Waals surface area contributed by atoms with Crippen molar-refractivity contribution in [2.45, 2.75) is 25.4 Å². The molecule has 2 N–H and O–H groups in total. The normalized spacial score (nSPS) is 10.5. The molecule has 0 bridgehead atoms. The van der Waals surface area contributed by atoms with Gasteiger partial charge in [-0.15, -0.1) is 0 Å². The van der Waals surface area contributed by atoms with Crippen LogP contribution in [0.5, 0.6) is 0 Å². The van der Waals surface area contributed by atoms with E-state index in [0.29, 0.717) is 19.5 Å². The van der Waals surface area contributed by atoms with Crippen LogP contribution in [0.4, 0.5) is 4.79 Å². The Labute approximate surface area is 152 Å². The number of ether oxygens (including phenoxy) is 2. The number of rotatable bonds is 11. The van der Waals surface area contributed by atoms with Gasteiger partial charge in [0.15, 0.2) is 0 Å². The van der Waals surface area contributed by atoms with Gasteiger partial charge >= 0.3 is 18.0 Å². The molecule has 0 atom stereocenters. The van der Waals surface area contributed by atoms with Gasteiger partial charge in [-0.1, -0.05) is 13.2 Å². The summed E-state index contributed by atoms with van der Waals surface area (Å²) < 4.78 is 11.8. The Morgan fingerprint density at radius 2 is 1.81 bits per heavy atom. The van der Waals surface area contributed by atoms with E-state index in [9.17, 15) is 14.4 Å². The van der Waals surface area contributed by atoms with E-state index >= 15 is 0 Å². The molecule has 0 radical (unpaired) electrons. The number of carbonyl (C=O) groups excluding carboxylic acids is 3. The van der Waals surface area contributed by atoms with Gasteiger partial charge in [-0.3, -0.25) is 0 Å². The lowest BCUT2D eigenvalue weighted by atomic mass is 10.1. The Hall–Kier alpha value is -3.10. The van der Waals surface area contributed by atoms with E-state index in [2.05, 4.69) is 28.8 Å². The van der Waals surface area contributed by atoms with E-state index in [-0.39, 0.29) is 13.2 Å². The molecular weight excluding hydrogens is 340 g/mol. The Morgan fingerprint density at radius 3 is 2.31 bits per heavy atom. The number of nitrogens with one attached hydrogen (secondary N) is 2. The molecule has 0 aliphatic heterocycles. The van der Waals surface area contributed by atoms with Crippen molar-refractivity contribution >= 4 is 18.0 Å². The Bertz CT molecular complexity index is 603. The minimum Gasteiger partial charge on any atom is -0.460 e. The third-order valence-corrected chi connectivity index (χ3v) is 3.25. The van der Waals surface area contributed by atoms with Crippen molar-refractivity contribution in [2.75, 3.05) is 19.8 Å². The molecule has 1 aromatic rings. The summed E-state index contributed by atoms with van der Waals surface area (Å²) in [4.78, 5) is 38.5. The number of urea groups is 1. The smallest absolute Gasteiger partial charge is 0.330 e. The highest BCUT2D eigenvalue weighted by molar-refractivity contribution is 5.82. The lowest BCUT2D eigenvalue weighted by Gasteiger charge is -2.29. The first-order valence-corrected chi connectivity index (χ1v) is 7.98. The van der Waals surface area contributed by atoms with Gasteiger partial charge in [-0.25, -0.2) is 19.4 Å². The minimum absolute atomic E-state index is 0.190. The monoisotopic (exact) mass is 364 g/mol. The van der Waals surface area contributed by atoms with E-state index in [1.807, 2.05) is 10.8 Å². The molecule has 9 nitrogen and oxygen atoms in total. The van der Waals surface area contributed by atoms with Crippen molar-refractivity contribution in [1.29, 1.82) is 0 Å². The second-order valence-electron chi connectivity index (χ2n) is 5.72. The highest BCUT2D eigenvalue weighted by atomic mass is 16.5. The molecule has 0 fully saturated rings. The molecule has 1 rings (SSSR count). The largest absolute Gasteiger partial charge is 0.460 e. The Morgan fingerprint density at radius 1 is 1.19 bits per heavy atom. The minimum atomic E-state index is -1.11. The van der Waals surface area contributed by atoms with Crippen LogP contribution >= 0.6 is 0 Å². The standard InChI is InChI=1S/C17H24N4O5/c1-4-14(22)25-11-17(3,12-26-15(23)5-2)20-16(24)19-7-6-9-21-10-8-18-13-21/h4-5,8,10,13H,1-2,6-7,9,11-12H2,3H3,(H2,19,20,24). The van der Waals surface area contributed by atoms with Gasteiger partial charge in [0, 0.05) is 37.6 Å². The molecule has 26 heavy (non-hydrogen) atoms. The molecule has 0 aromatic carbocycles. The maximum atomic E-state index is 12.1. The van der Waals surface area contributed by atoms with E-state index in [4.69, 9.17) is 9.47 Å². The van der Waals surface area contributed by atoms with Crippen LogP contribution in [0.2, 0.25) is 0 Å². The van der Waals surface area contributed by atoms with Gasteiger partial charge in [0.25, 0.3) is 0 Å². The third kappa shape index (κ3) is 8.13. The molecule has 1 aromatic heterocycles. The molecule has 0 saturated carbocycles. The van der Waals surface area contributed by atoms with Gasteiger partial charge in [-0.2, -0.15) is 0 Å². The van der Waals surface area contributed by atoms with Crippen molar-refractivity contribution in [3.63, 3.8) is 0 Å². The number of hydrogen-bond acceptors (Lipinski definition) is 6. The summed E-state index contributed by atoms with van der Waals surface area (Å²) in [6.45, 7) is 8.95. The zero-order valence-corrected chi connectivity index (χ0v) is 14.8. The first-order valence-electron chi connectivity index (χ1n) is 7.98. The second-order valence-corrected chi connectivity index (χ2v) is 5.72. The van der Waals surface area contributed by atoms with Crippen LogP contribution in [0.1, 0.15) is 13.3 Å². The molecule has 1 heterocycles. The van der Waals surface area contributed by atoms with Gasteiger partial charge in [0.05, 0.1) is 6.33 Å². The van der Waals surface area contributed by atoms with Crippen LogP contribution in [0.25, 0.3) is 0 Å². The summed E-state index contributed by atoms with van der Waals surface area (Å²) in [5.41, 5.74) is -1.11. The van der Waals surface area contributed by atoms with Crippen LogP contribution in [0, 0.1) is 0 Å². The predicted molar refractivity (Wildman–Crippen MR) is 94.1 cm³/mol. The summed E-state index contributed by atoms with van der Waals surface area (Å²) in [6.07, 6.45) is 7.93. The van der Waals surface area contributed by atoms with Crippen LogP contribution in [0.3, 0.4) is 0 Å². The predicted octanol–water partition coefficient (Wildman–Crippen LogP) is 0.790. The fourth-order valence-corrected chi connectivity index (χ4v) is 1.89. The van der Waals surface area contributed by atoms with Crippen molar-refractivity contribution in [1.82, 2.24) is 20.2 Å². The zero-order chi connectivity index (χ0) is 19.4. The molecule has 0 saturated heterocycles. The molecule has 9 heteroatoms. The SMILES string of the molecule is C=CC(=O)OCC(C)(COC(=O)C=C)NC(=O)NCCCn1ccnc1. The summed E-state index contributed by atoms with van der Waals surface area (Å²) in [7, 11) is 0. The first-order chi connectivity index (χ1) is 12.4. The van der Waals surface area contributed by atoms with E-state index in [1.54, 1.807) is 19.4 Å².